The Hall–Kier alpha value is -3.12. The lowest BCUT2D eigenvalue weighted by atomic mass is 9.93. The Kier molecular flexibility index (Phi) is 6.91. The van der Waals surface area contributed by atoms with E-state index < -0.39 is 0 Å². The molecule has 3 aromatic rings. The monoisotopic (exact) mass is 473 g/mol. The largest absolute Gasteiger partial charge is 0.493 e. The number of aromatic nitrogens is 1. The molecule has 1 fully saturated rings. The standard InChI is InChI=1S/C29H35N3O3/c1-4-34-28-21(3)29-25(23-10-5-6-11-26(23)35-29)18-24(28)20(2)17-27(33)32-15-13-31(14-16-32)19-22-9-7-8-12-30-22/h7-9,12,17-18H,4-6,10-11,13-16,19H2,1-3H3/b20-17+. The summed E-state index contributed by atoms with van der Waals surface area (Å²) in [5, 5.41) is 1.18. The van der Waals surface area contributed by atoms with Crippen LogP contribution in [0.5, 0.6) is 5.75 Å². The molecule has 1 amide bonds. The van der Waals surface area contributed by atoms with Gasteiger partial charge in [0.2, 0.25) is 5.91 Å². The number of amides is 1. The molecule has 0 atom stereocenters. The number of benzene rings is 1. The molecule has 2 aromatic heterocycles. The number of ether oxygens (including phenoxy) is 1. The van der Waals surface area contributed by atoms with Crippen LogP contribution in [0.25, 0.3) is 16.5 Å². The fourth-order valence-electron chi connectivity index (χ4n) is 5.36. The lowest BCUT2D eigenvalue weighted by Gasteiger charge is -2.34. The number of hydrogen-bond acceptors (Lipinski definition) is 5. The molecule has 5 rings (SSSR count). The van der Waals surface area contributed by atoms with Gasteiger partial charge in [-0.2, -0.15) is 0 Å². The van der Waals surface area contributed by atoms with Gasteiger partial charge < -0.3 is 14.1 Å². The van der Waals surface area contributed by atoms with Crippen molar-refractivity contribution in [3.05, 3.63) is 64.7 Å². The molecule has 2 aliphatic rings. The van der Waals surface area contributed by atoms with E-state index in [1.54, 1.807) is 6.08 Å². The van der Waals surface area contributed by atoms with E-state index in [1.807, 2.05) is 37.1 Å². The smallest absolute Gasteiger partial charge is 0.246 e. The summed E-state index contributed by atoms with van der Waals surface area (Å²) in [5.74, 6) is 2.01. The first kappa shape index (κ1) is 23.6. The van der Waals surface area contributed by atoms with Gasteiger partial charge in [-0.25, -0.2) is 0 Å². The predicted molar refractivity (Wildman–Crippen MR) is 139 cm³/mol. The number of carbonyl (C=O) groups is 1. The normalized spacial score (nSPS) is 17.0. The molecule has 6 heteroatoms. The summed E-state index contributed by atoms with van der Waals surface area (Å²) in [6.45, 7) is 10.6. The number of furan rings is 1. The van der Waals surface area contributed by atoms with Gasteiger partial charge in [-0.05, 0) is 63.8 Å². The molecule has 3 heterocycles. The molecule has 1 aliphatic carbocycles. The lowest BCUT2D eigenvalue weighted by Crippen LogP contribution is -2.47. The molecule has 0 radical (unpaired) electrons. The Morgan fingerprint density at radius 1 is 1.17 bits per heavy atom. The van der Waals surface area contributed by atoms with Crippen LogP contribution in [-0.2, 0) is 24.2 Å². The van der Waals surface area contributed by atoms with Gasteiger partial charge in [0.05, 0.1) is 12.3 Å². The number of piperazine rings is 1. The summed E-state index contributed by atoms with van der Waals surface area (Å²) in [7, 11) is 0. The van der Waals surface area contributed by atoms with Crippen LogP contribution in [0.15, 0.2) is 41.0 Å². The van der Waals surface area contributed by atoms with E-state index in [0.29, 0.717) is 6.61 Å². The zero-order valence-corrected chi connectivity index (χ0v) is 21.1. The Balaban J connectivity index is 1.35. The molecule has 1 aliphatic heterocycles. The summed E-state index contributed by atoms with van der Waals surface area (Å²) >= 11 is 0. The highest BCUT2D eigenvalue weighted by atomic mass is 16.5. The number of allylic oxidation sites excluding steroid dienone is 1. The Morgan fingerprint density at radius 2 is 1.97 bits per heavy atom. The molecule has 35 heavy (non-hydrogen) atoms. The fourth-order valence-corrected chi connectivity index (χ4v) is 5.36. The van der Waals surface area contributed by atoms with Crippen LogP contribution in [0.2, 0.25) is 0 Å². The number of rotatable bonds is 6. The molecule has 0 spiro atoms. The van der Waals surface area contributed by atoms with Crippen molar-refractivity contribution in [2.45, 2.75) is 53.0 Å². The average Bonchev–Trinajstić information content (AvgIpc) is 3.26. The maximum atomic E-state index is 13.2. The third-order valence-electron chi connectivity index (χ3n) is 7.28. The molecule has 1 aromatic carbocycles. The van der Waals surface area contributed by atoms with Crippen molar-refractivity contribution in [3.8, 4) is 5.75 Å². The van der Waals surface area contributed by atoms with Gasteiger partial charge in [0, 0.05) is 73.5 Å². The highest BCUT2D eigenvalue weighted by Crippen LogP contribution is 2.41. The van der Waals surface area contributed by atoms with Gasteiger partial charge in [-0.1, -0.05) is 6.07 Å². The number of carbonyl (C=O) groups excluding carboxylic acids is 1. The number of hydrogen-bond donors (Lipinski definition) is 0. The zero-order valence-electron chi connectivity index (χ0n) is 21.1. The van der Waals surface area contributed by atoms with E-state index in [1.165, 1.54) is 23.8 Å². The van der Waals surface area contributed by atoms with Gasteiger partial charge in [0.25, 0.3) is 0 Å². The Morgan fingerprint density at radius 3 is 2.71 bits per heavy atom. The van der Waals surface area contributed by atoms with Gasteiger partial charge in [0.1, 0.15) is 17.1 Å². The summed E-state index contributed by atoms with van der Waals surface area (Å²) in [6.07, 6.45) is 8.05. The van der Waals surface area contributed by atoms with E-state index in [0.717, 1.165) is 85.1 Å². The zero-order chi connectivity index (χ0) is 24.4. The van der Waals surface area contributed by atoms with Crippen LogP contribution < -0.4 is 4.74 Å². The molecule has 184 valence electrons. The first-order chi connectivity index (χ1) is 17.0. The van der Waals surface area contributed by atoms with Crippen LogP contribution in [-0.4, -0.2) is 53.5 Å². The van der Waals surface area contributed by atoms with E-state index in [2.05, 4.69) is 28.9 Å². The maximum absolute atomic E-state index is 13.2. The van der Waals surface area contributed by atoms with Gasteiger partial charge >= 0.3 is 0 Å². The van der Waals surface area contributed by atoms with E-state index in [4.69, 9.17) is 9.15 Å². The van der Waals surface area contributed by atoms with E-state index >= 15 is 0 Å². The molecule has 0 unspecified atom stereocenters. The van der Waals surface area contributed by atoms with E-state index in [-0.39, 0.29) is 5.91 Å². The number of aryl methyl sites for hydroxylation is 3. The van der Waals surface area contributed by atoms with Crippen LogP contribution >= 0.6 is 0 Å². The molecule has 0 saturated carbocycles. The number of nitrogens with zero attached hydrogens (tertiary/aromatic N) is 3. The highest BCUT2D eigenvalue weighted by Gasteiger charge is 2.24. The predicted octanol–water partition coefficient (Wildman–Crippen LogP) is 5.16. The van der Waals surface area contributed by atoms with Gasteiger partial charge in [-0.3, -0.25) is 14.7 Å². The molecule has 6 nitrogen and oxygen atoms in total. The maximum Gasteiger partial charge on any atom is 0.246 e. The lowest BCUT2D eigenvalue weighted by molar-refractivity contribution is -0.127. The molecule has 0 bridgehead atoms. The minimum Gasteiger partial charge on any atom is -0.493 e. The molecule has 0 N–H and O–H groups in total. The minimum absolute atomic E-state index is 0.0643. The second-order valence-electron chi connectivity index (χ2n) is 9.65. The first-order valence-corrected chi connectivity index (χ1v) is 12.9. The fraction of sp³-hybridized carbons (Fsp3) is 0.448. The van der Waals surface area contributed by atoms with Crippen molar-refractivity contribution in [1.82, 2.24) is 14.8 Å². The van der Waals surface area contributed by atoms with Crippen molar-refractivity contribution in [3.63, 3.8) is 0 Å². The van der Waals surface area contributed by atoms with Crippen LogP contribution in [0.3, 0.4) is 0 Å². The van der Waals surface area contributed by atoms with Crippen molar-refractivity contribution >= 4 is 22.4 Å². The van der Waals surface area contributed by atoms with Crippen LogP contribution in [0, 0.1) is 6.92 Å². The molecular weight excluding hydrogens is 438 g/mol. The topological polar surface area (TPSA) is 58.8 Å². The summed E-state index contributed by atoms with van der Waals surface area (Å²) in [6, 6.07) is 8.19. The van der Waals surface area contributed by atoms with Crippen molar-refractivity contribution in [2.24, 2.45) is 0 Å². The third kappa shape index (κ3) is 4.85. The van der Waals surface area contributed by atoms with Gasteiger partial charge in [-0.15, -0.1) is 0 Å². The summed E-state index contributed by atoms with van der Waals surface area (Å²) in [4.78, 5) is 21.9. The number of pyridine rings is 1. The highest BCUT2D eigenvalue weighted by molar-refractivity contribution is 5.98. The van der Waals surface area contributed by atoms with Crippen LogP contribution in [0.1, 0.15) is 54.8 Å². The second kappa shape index (κ2) is 10.2. The van der Waals surface area contributed by atoms with Crippen LogP contribution in [0.4, 0.5) is 0 Å². The van der Waals surface area contributed by atoms with Gasteiger partial charge in [0.15, 0.2) is 0 Å². The average molecular weight is 474 g/mol. The Bertz CT molecular complexity index is 1240. The van der Waals surface area contributed by atoms with Crippen molar-refractivity contribution < 1.29 is 13.9 Å². The van der Waals surface area contributed by atoms with Crippen molar-refractivity contribution in [2.75, 3.05) is 32.8 Å². The minimum atomic E-state index is 0.0643. The Labute approximate surface area is 207 Å². The summed E-state index contributed by atoms with van der Waals surface area (Å²) in [5.41, 5.74) is 6.29. The third-order valence-corrected chi connectivity index (χ3v) is 7.28. The first-order valence-electron chi connectivity index (χ1n) is 12.9. The van der Waals surface area contributed by atoms with E-state index in [9.17, 15) is 4.79 Å². The SMILES string of the molecule is CCOc1c(/C(C)=C/C(=O)N2CCN(Cc3ccccn3)CC2)cc2c3c(oc2c1C)CCCC3. The quantitative estimate of drug-likeness (QED) is 0.463. The summed E-state index contributed by atoms with van der Waals surface area (Å²) < 4.78 is 12.4. The second-order valence-corrected chi connectivity index (χ2v) is 9.65. The molecule has 1 saturated heterocycles. The van der Waals surface area contributed by atoms with Crippen molar-refractivity contribution in [1.29, 1.82) is 0 Å². The number of fused-ring (bicyclic) bond motifs is 3. The molecular formula is C29H35N3O3.